The van der Waals surface area contributed by atoms with E-state index in [1.165, 1.54) is 63.3 Å². The van der Waals surface area contributed by atoms with Crippen LogP contribution in [0, 0.1) is 0 Å². The molecule has 42 heavy (non-hydrogen) atoms. The topological polar surface area (TPSA) is 213 Å². The molecule has 1 aromatic carbocycles. The minimum Gasteiger partial charge on any atom is -0.504 e. The summed E-state index contributed by atoms with van der Waals surface area (Å²) in [5, 5.41) is 45.5. The van der Waals surface area contributed by atoms with Crippen LogP contribution in [0.5, 0.6) is 11.5 Å². The lowest BCUT2D eigenvalue weighted by atomic mass is 10.0. The van der Waals surface area contributed by atoms with Crippen molar-refractivity contribution < 1.29 is 34.5 Å². The van der Waals surface area contributed by atoms with Gasteiger partial charge in [0.1, 0.15) is 34.4 Å². The number of hydrogen-bond acceptors (Lipinski definition) is 15. The molecule has 2 aromatic heterocycles. The van der Waals surface area contributed by atoms with Gasteiger partial charge in [-0.1, -0.05) is 40.9 Å². The first-order chi connectivity index (χ1) is 20.2. The second kappa shape index (κ2) is 12.4. The number of hydrogen-bond donors (Lipinski definition) is 5. The number of aromatic nitrogens is 3. The number of β-lactam (4-membered cyclic amide) rings is 1. The Hall–Kier alpha value is -4.13. The largest absolute Gasteiger partial charge is 0.504 e. The van der Waals surface area contributed by atoms with Crippen LogP contribution in [0.2, 0.25) is 0 Å². The first kappa shape index (κ1) is 29.4. The number of nitrogens with two attached hydrogens (primary N) is 1. The Kier molecular flexibility index (Phi) is 8.66. The normalized spacial score (nSPS) is 18.3. The molecule has 6 N–H and O–H groups in total. The molecule has 218 valence electrons. The third-order valence-electron chi connectivity index (χ3n) is 5.86. The van der Waals surface area contributed by atoms with Gasteiger partial charge in [0.05, 0.1) is 0 Å². The number of phenolic OH excluding ortho intramolecular Hbond substituents is 2. The number of nitrogen functional groups attached to an aromatic ring is 1. The third kappa shape index (κ3) is 5.91. The molecule has 2 atom stereocenters. The lowest BCUT2D eigenvalue weighted by Crippen LogP contribution is -2.71. The van der Waals surface area contributed by atoms with Crippen molar-refractivity contribution in [2.24, 2.45) is 5.16 Å². The smallest absolute Gasteiger partial charge is 0.352 e. The van der Waals surface area contributed by atoms with Crippen molar-refractivity contribution in [1.82, 2.24) is 25.4 Å². The van der Waals surface area contributed by atoms with Crippen LogP contribution in [0.25, 0.3) is 10.6 Å². The van der Waals surface area contributed by atoms with Crippen LogP contribution in [0.15, 0.2) is 57.0 Å². The number of carbonyl (C=O) groups excluding carboxylic acids is 2. The molecule has 4 heterocycles. The number of thiazole rings is 1. The Bertz CT molecular complexity index is 1640. The molecule has 0 unspecified atom stereocenters. The van der Waals surface area contributed by atoms with Gasteiger partial charge in [-0.3, -0.25) is 14.5 Å². The van der Waals surface area contributed by atoms with Gasteiger partial charge in [-0.15, -0.1) is 33.3 Å². The van der Waals surface area contributed by atoms with Gasteiger partial charge < -0.3 is 31.2 Å². The van der Waals surface area contributed by atoms with Crippen molar-refractivity contribution in [3.63, 3.8) is 0 Å². The molecular formula is C24H21N7O7S4. The monoisotopic (exact) mass is 647 g/mol. The number of carbonyl (C=O) groups is 3. The fourth-order valence-corrected chi connectivity index (χ4v) is 7.83. The van der Waals surface area contributed by atoms with E-state index in [0.29, 0.717) is 26.2 Å². The third-order valence-corrected chi connectivity index (χ3v) is 10.1. The van der Waals surface area contributed by atoms with Gasteiger partial charge in [0.25, 0.3) is 11.8 Å². The van der Waals surface area contributed by atoms with E-state index in [0.717, 1.165) is 11.3 Å². The van der Waals surface area contributed by atoms with Gasteiger partial charge in [0.2, 0.25) is 0 Å². The molecule has 2 aliphatic rings. The highest BCUT2D eigenvalue weighted by Crippen LogP contribution is 2.42. The minimum absolute atomic E-state index is 0.0390. The molecule has 0 bridgehead atoms. The summed E-state index contributed by atoms with van der Waals surface area (Å²) in [6.45, 7) is 3.56. The van der Waals surface area contributed by atoms with E-state index >= 15 is 0 Å². The molecule has 0 spiro atoms. The second-order valence-corrected chi connectivity index (χ2v) is 12.8. The van der Waals surface area contributed by atoms with E-state index in [2.05, 4.69) is 32.2 Å². The number of carboxylic acid groups (broad SMARTS) is 1. The van der Waals surface area contributed by atoms with Crippen LogP contribution in [0.3, 0.4) is 0 Å². The van der Waals surface area contributed by atoms with E-state index in [4.69, 9.17) is 10.6 Å². The van der Waals surface area contributed by atoms with Crippen LogP contribution >= 0.6 is 46.2 Å². The highest BCUT2D eigenvalue weighted by Gasteiger charge is 2.54. The first-order valence-electron chi connectivity index (χ1n) is 11.9. The van der Waals surface area contributed by atoms with E-state index < -0.39 is 29.2 Å². The maximum atomic E-state index is 13.1. The van der Waals surface area contributed by atoms with Crippen LogP contribution in [0.1, 0.15) is 5.69 Å². The van der Waals surface area contributed by atoms with Gasteiger partial charge >= 0.3 is 5.97 Å². The summed E-state index contributed by atoms with van der Waals surface area (Å²) in [5.41, 5.74) is 6.63. The molecule has 0 aliphatic carbocycles. The highest BCUT2D eigenvalue weighted by molar-refractivity contribution is 8.01. The van der Waals surface area contributed by atoms with Crippen LogP contribution in [0.4, 0.5) is 5.13 Å². The summed E-state index contributed by atoms with van der Waals surface area (Å²) in [7, 11) is 0. The Balaban J connectivity index is 1.28. The molecule has 2 amide bonds. The van der Waals surface area contributed by atoms with Crippen molar-refractivity contribution in [3.05, 3.63) is 53.2 Å². The van der Waals surface area contributed by atoms with Crippen molar-refractivity contribution in [3.8, 4) is 22.1 Å². The number of thioether (sulfide) groups is 2. The summed E-state index contributed by atoms with van der Waals surface area (Å²) in [6.07, 6.45) is 1.45. The zero-order chi connectivity index (χ0) is 30.0. The van der Waals surface area contributed by atoms with Crippen molar-refractivity contribution in [2.75, 3.05) is 23.8 Å². The van der Waals surface area contributed by atoms with E-state index in [-0.39, 0.29) is 46.1 Å². The van der Waals surface area contributed by atoms with Crippen molar-refractivity contribution in [1.29, 1.82) is 0 Å². The minimum atomic E-state index is -1.26. The Morgan fingerprint density at radius 2 is 2.12 bits per heavy atom. The Morgan fingerprint density at radius 3 is 2.81 bits per heavy atom. The number of rotatable bonds is 11. The number of phenols is 2. The zero-order valence-electron chi connectivity index (χ0n) is 21.3. The standard InChI is InChI=1S/C24H21N7O7S4/c1-2-5-38-30-15(12-9-40-23(25)26-12)18(34)27-16-20(35)31-17(22(36)37)11(7-39-21(16)31)8-41-24-29-28-19(42-24)10-3-4-13(32)14(33)6-10/h2-4,6,9,16,21,32-33H,1,5,7-8H2,(H2,25,26)(H,27,34)(H,36,37)/t16-,21+/m1/s1. The quantitative estimate of drug-likeness (QED) is 0.0384. The van der Waals surface area contributed by atoms with E-state index in [9.17, 15) is 29.7 Å². The number of fused-ring (bicyclic) bond motifs is 1. The fraction of sp³-hybridized carbons (Fsp3) is 0.208. The fourth-order valence-electron chi connectivity index (χ4n) is 3.95. The van der Waals surface area contributed by atoms with Crippen LogP contribution in [-0.2, 0) is 19.2 Å². The molecule has 0 saturated carbocycles. The molecule has 5 rings (SSSR count). The van der Waals surface area contributed by atoms with Gasteiger partial charge in [-0.25, -0.2) is 9.78 Å². The summed E-state index contributed by atoms with van der Waals surface area (Å²) < 4.78 is 0.551. The Morgan fingerprint density at radius 1 is 1.31 bits per heavy atom. The summed E-state index contributed by atoms with van der Waals surface area (Å²) in [6, 6.07) is 3.32. The van der Waals surface area contributed by atoms with Crippen molar-refractivity contribution in [2.45, 2.75) is 15.8 Å². The molecule has 2 aliphatic heterocycles. The molecule has 3 aromatic rings. The number of nitrogens with zero attached hydrogens (tertiary/aromatic N) is 5. The number of carboxylic acids is 1. The molecule has 18 heteroatoms. The van der Waals surface area contributed by atoms with Gasteiger partial charge in [-0.05, 0) is 23.8 Å². The maximum Gasteiger partial charge on any atom is 0.352 e. The SMILES string of the molecule is C=CCON=C(C(=O)N[C@@H]1C(=O)N2C(C(=O)O)=C(CSc3nnc(-c4ccc(O)c(O)c4)s3)CS[C@@H]12)c1csc(N)n1. The molecule has 0 radical (unpaired) electrons. The van der Waals surface area contributed by atoms with Crippen molar-refractivity contribution >= 4 is 74.8 Å². The molecule has 1 fully saturated rings. The number of amides is 2. The lowest BCUT2D eigenvalue weighted by Gasteiger charge is -2.49. The van der Waals surface area contributed by atoms with Crippen LogP contribution in [-0.4, -0.2) is 88.4 Å². The number of oxime groups is 1. The first-order valence-corrected chi connectivity index (χ1v) is 15.6. The number of nitrogens with one attached hydrogen (secondary N) is 1. The highest BCUT2D eigenvalue weighted by atomic mass is 32.2. The number of benzene rings is 1. The summed E-state index contributed by atoms with van der Waals surface area (Å²) in [4.78, 5) is 48.7. The van der Waals surface area contributed by atoms with E-state index in [1.807, 2.05) is 0 Å². The van der Waals surface area contributed by atoms with Gasteiger partial charge in [0, 0.05) is 22.4 Å². The Labute approximate surface area is 254 Å². The van der Waals surface area contributed by atoms with Crippen LogP contribution < -0.4 is 11.1 Å². The number of aliphatic carboxylic acids is 1. The number of aromatic hydroxyl groups is 2. The molecule has 1 saturated heterocycles. The summed E-state index contributed by atoms with van der Waals surface area (Å²) in [5.74, 6) is -2.55. The lowest BCUT2D eigenvalue weighted by molar-refractivity contribution is -0.150. The average molecular weight is 648 g/mol. The summed E-state index contributed by atoms with van der Waals surface area (Å²) >= 11 is 4.93. The molecule has 14 nitrogen and oxygen atoms in total. The average Bonchev–Trinajstić information content (AvgIpc) is 3.62. The van der Waals surface area contributed by atoms with Gasteiger partial charge in [-0.2, -0.15) is 0 Å². The predicted octanol–water partition coefficient (Wildman–Crippen LogP) is 2.09. The number of anilines is 1. The maximum absolute atomic E-state index is 13.1. The predicted molar refractivity (Wildman–Crippen MR) is 158 cm³/mol. The zero-order valence-corrected chi connectivity index (χ0v) is 24.6. The van der Waals surface area contributed by atoms with E-state index in [1.54, 1.807) is 6.07 Å². The second-order valence-electron chi connectivity index (χ2n) is 8.58. The molecular weight excluding hydrogens is 627 g/mol. The van der Waals surface area contributed by atoms with Gasteiger partial charge in [0.15, 0.2) is 26.7 Å².